The van der Waals surface area contributed by atoms with Crippen LogP contribution < -0.4 is 5.32 Å². The summed E-state index contributed by atoms with van der Waals surface area (Å²) in [6.07, 6.45) is 2.64. The zero-order chi connectivity index (χ0) is 12.7. The van der Waals surface area contributed by atoms with E-state index in [9.17, 15) is 0 Å². The van der Waals surface area contributed by atoms with Gasteiger partial charge < -0.3 is 14.8 Å². The van der Waals surface area contributed by atoms with E-state index < -0.39 is 0 Å². The van der Waals surface area contributed by atoms with Gasteiger partial charge in [-0.05, 0) is 24.7 Å². The second kappa shape index (κ2) is 8.06. The largest absolute Gasteiger partial charge is 0.381 e. The van der Waals surface area contributed by atoms with Gasteiger partial charge in [-0.3, -0.25) is 0 Å². The maximum atomic E-state index is 6.08. The van der Waals surface area contributed by atoms with Crippen molar-refractivity contribution in [2.24, 2.45) is 11.8 Å². The van der Waals surface area contributed by atoms with Crippen LogP contribution in [0.4, 0.5) is 0 Å². The number of hydrogen-bond acceptors (Lipinski definition) is 3. The van der Waals surface area contributed by atoms with Crippen LogP contribution in [0, 0.1) is 11.8 Å². The quantitative estimate of drug-likeness (QED) is 0.745. The van der Waals surface area contributed by atoms with Gasteiger partial charge in [-0.1, -0.05) is 27.7 Å². The number of hydrogen-bond donors (Lipinski definition) is 1. The second-order valence-corrected chi connectivity index (χ2v) is 5.73. The van der Waals surface area contributed by atoms with Crippen molar-refractivity contribution in [3.8, 4) is 0 Å². The molecule has 3 heteroatoms. The zero-order valence-corrected chi connectivity index (χ0v) is 11.9. The van der Waals surface area contributed by atoms with Crippen LogP contribution >= 0.6 is 0 Å². The summed E-state index contributed by atoms with van der Waals surface area (Å²) in [4.78, 5) is 0. The lowest BCUT2D eigenvalue weighted by molar-refractivity contribution is -0.0267. The molecule has 0 saturated carbocycles. The van der Waals surface area contributed by atoms with Gasteiger partial charge in [-0.2, -0.15) is 0 Å². The minimum Gasteiger partial charge on any atom is -0.381 e. The molecular formula is C14H29NO2. The third kappa shape index (κ3) is 6.39. The maximum absolute atomic E-state index is 6.08. The van der Waals surface area contributed by atoms with E-state index in [2.05, 4.69) is 33.0 Å². The Morgan fingerprint density at radius 1 is 1.18 bits per heavy atom. The summed E-state index contributed by atoms with van der Waals surface area (Å²) in [6, 6.07) is 0.530. The van der Waals surface area contributed by atoms with Gasteiger partial charge in [0.2, 0.25) is 0 Å². The van der Waals surface area contributed by atoms with Crippen LogP contribution in [-0.4, -0.2) is 38.5 Å². The topological polar surface area (TPSA) is 30.5 Å². The van der Waals surface area contributed by atoms with Crippen LogP contribution in [0.5, 0.6) is 0 Å². The molecule has 0 amide bonds. The lowest BCUT2D eigenvalue weighted by Crippen LogP contribution is -2.37. The van der Waals surface area contributed by atoms with Crippen LogP contribution in [0.15, 0.2) is 0 Å². The first-order chi connectivity index (χ1) is 8.09. The molecule has 1 N–H and O–H groups in total. The normalized spacial score (nSPS) is 20.1. The van der Waals surface area contributed by atoms with Crippen molar-refractivity contribution in [3.63, 3.8) is 0 Å². The molecule has 1 unspecified atom stereocenters. The predicted molar refractivity (Wildman–Crippen MR) is 71.3 cm³/mol. The molecule has 0 aromatic carbocycles. The summed E-state index contributed by atoms with van der Waals surface area (Å²) in [6.45, 7) is 12.5. The molecule has 102 valence electrons. The Labute approximate surface area is 106 Å². The van der Waals surface area contributed by atoms with Gasteiger partial charge in [-0.15, -0.1) is 0 Å². The smallest absolute Gasteiger partial charge is 0.0722 e. The van der Waals surface area contributed by atoms with Crippen LogP contribution in [0.2, 0.25) is 0 Å². The standard InChI is InChI=1S/C14H29NO2/c1-11(2)14(9-15-12(3)4)17-10-13-5-7-16-8-6-13/h11-15H,5-10H2,1-4H3. The number of ether oxygens (including phenoxy) is 2. The maximum Gasteiger partial charge on any atom is 0.0722 e. The molecule has 17 heavy (non-hydrogen) atoms. The van der Waals surface area contributed by atoms with E-state index in [0.29, 0.717) is 24.0 Å². The Kier molecular flexibility index (Phi) is 7.09. The van der Waals surface area contributed by atoms with E-state index in [-0.39, 0.29) is 0 Å². The molecular weight excluding hydrogens is 214 g/mol. The molecule has 0 aliphatic carbocycles. The monoisotopic (exact) mass is 243 g/mol. The molecule has 0 radical (unpaired) electrons. The van der Waals surface area contributed by atoms with Crippen molar-refractivity contribution in [3.05, 3.63) is 0 Å². The van der Waals surface area contributed by atoms with Gasteiger partial charge in [0.05, 0.1) is 12.7 Å². The van der Waals surface area contributed by atoms with Gasteiger partial charge in [-0.25, -0.2) is 0 Å². The molecule has 1 atom stereocenters. The highest BCUT2D eigenvalue weighted by atomic mass is 16.5. The van der Waals surface area contributed by atoms with Crippen molar-refractivity contribution >= 4 is 0 Å². The SMILES string of the molecule is CC(C)NCC(OCC1CCOCC1)C(C)C. The summed E-state index contributed by atoms with van der Waals surface area (Å²) in [5, 5.41) is 3.46. The highest BCUT2D eigenvalue weighted by Crippen LogP contribution is 2.17. The highest BCUT2D eigenvalue weighted by molar-refractivity contribution is 4.70. The average molecular weight is 243 g/mol. The molecule has 1 aliphatic rings. The Bertz CT molecular complexity index is 189. The third-order valence-electron chi connectivity index (χ3n) is 3.36. The number of rotatable bonds is 7. The van der Waals surface area contributed by atoms with Crippen molar-refractivity contribution in [2.75, 3.05) is 26.4 Å². The van der Waals surface area contributed by atoms with Crippen molar-refractivity contribution in [2.45, 2.75) is 52.7 Å². The summed E-state index contributed by atoms with van der Waals surface area (Å²) in [5.74, 6) is 1.27. The average Bonchev–Trinajstić information content (AvgIpc) is 2.29. The Morgan fingerprint density at radius 2 is 1.82 bits per heavy atom. The summed E-state index contributed by atoms with van der Waals surface area (Å²) in [7, 11) is 0. The molecule has 1 saturated heterocycles. The molecule has 1 heterocycles. The van der Waals surface area contributed by atoms with Gasteiger partial charge in [0.25, 0.3) is 0 Å². The molecule has 1 aliphatic heterocycles. The minimum absolute atomic E-state index is 0.334. The van der Waals surface area contributed by atoms with Crippen LogP contribution in [0.1, 0.15) is 40.5 Å². The van der Waals surface area contributed by atoms with E-state index in [1.807, 2.05) is 0 Å². The van der Waals surface area contributed by atoms with Crippen molar-refractivity contribution in [1.29, 1.82) is 0 Å². The second-order valence-electron chi connectivity index (χ2n) is 5.73. The predicted octanol–water partition coefficient (Wildman–Crippen LogP) is 2.45. The molecule has 0 spiro atoms. The Balaban J connectivity index is 2.23. The van der Waals surface area contributed by atoms with Gasteiger partial charge in [0.15, 0.2) is 0 Å². The molecule has 1 rings (SSSR count). The zero-order valence-electron chi connectivity index (χ0n) is 11.9. The van der Waals surface area contributed by atoms with E-state index in [1.54, 1.807) is 0 Å². The van der Waals surface area contributed by atoms with Crippen LogP contribution in [0.3, 0.4) is 0 Å². The fraction of sp³-hybridized carbons (Fsp3) is 1.00. The minimum atomic E-state index is 0.334. The van der Waals surface area contributed by atoms with Crippen LogP contribution in [0.25, 0.3) is 0 Å². The lowest BCUT2D eigenvalue weighted by Gasteiger charge is -2.27. The van der Waals surface area contributed by atoms with Crippen LogP contribution in [-0.2, 0) is 9.47 Å². The molecule has 0 aromatic heterocycles. The first kappa shape index (κ1) is 14.9. The summed E-state index contributed by atoms with van der Waals surface area (Å²) >= 11 is 0. The summed E-state index contributed by atoms with van der Waals surface area (Å²) < 4.78 is 11.4. The fourth-order valence-corrected chi connectivity index (χ4v) is 2.01. The van der Waals surface area contributed by atoms with E-state index in [1.165, 1.54) is 0 Å². The lowest BCUT2D eigenvalue weighted by atomic mass is 10.0. The molecule has 0 bridgehead atoms. The Hall–Kier alpha value is -0.120. The first-order valence-electron chi connectivity index (χ1n) is 7.02. The van der Waals surface area contributed by atoms with Crippen molar-refractivity contribution < 1.29 is 9.47 Å². The van der Waals surface area contributed by atoms with Gasteiger partial charge >= 0.3 is 0 Å². The number of nitrogens with one attached hydrogen (secondary N) is 1. The first-order valence-corrected chi connectivity index (χ1v) is 7.02. The third-order valence-corrected chi connectivity index (χ3v) is 3.36. The van der Waals surface area contributed by atoms with E-state index in [0.717, 1.165) is 39.2 Å². The summed E-state index contributed by atoms with van der Waals surface area (Å²) in [5.41, 5.74) is 0. The van der Waals surface area contributed by atoms with E-state index >= 15 is 0 Å². The van der Waals surface area contributed by atoms with Gasteiger partial charge in [0.1, 0.15) is 0 Å². The highest BCUT2D eigenvalue weighted by Gasteiger charge is 2.19. The fourth-order valence-electron chi connectivity index (χ4n) is 2.01. The van der Waals surface area contributed by atoms with Crippen molar-refractivity contribution in [1.82, 2.24) is 5.32 Å². The Morgan fingerprint density at radius 3 is 2.35 bits per heavy atom. The van der Waals surface area contributed by atoms with E-state index in [4.69, 9.17) is 9.47 Å². The van der Waals surface area contributed by atoms with Gasteiger partial charge in [0, 0.05) is 25.8 Å². The molecule has 3 nitrogen and oxygen atoms in total. The molecule has 0 aromatic rings. The molecule has 1 fully saturated rings.